The first-order chi connectivity index (χ1) is 9.52. The third-order valence-electron chi connectivity index (χ3n) is 3.98. The highest BCUT2D eigenvalue weighted by Gasteiger charge is 2.35. The third kappa shape index (κ3) is 2.82. The van der Waals surface area contributed by atoms with E-state index in [2.05, 4.69) is 16.3 Å². The quantitative estimate of drug-likeness (QED) is 0.838. The van der Waals surface area contributed by atoms with Crippen LogP contribution in [0.5, 0.6) is 0 Å². The van der Waals surface area contributed by atoms with Crippen molar-refractivity contribution in [1.29, 1.82) is 0 Å². The molecule has 1 aromatic rings. The van der Waals surface area contributed by atoms with Crippen LogP contribution in [0.15, 0.2) is 35.9 Å². The number of hydrogen-bond donors (Lipinski definition) is 1. The summed E-state index contributed by atoms with van der Waals surface area (Å²) < 4.78 is 37.7. The molecule has 2 nitrogen and oxygen atoms in total. The minimum Gasteiger partial charge on any atom is -0.380 e. The first-order valence-corrected chi connectivity index (χ1v) is 6.85. The normalized spacial score (nSPS) is 23.1. The molecular formula is C15H17F3N2. The summed E-state index contributed by atoms with van der Waals surface area (Å²) in [6, 6.07) is 8.46. The molecule has 2 aliphatic rings. The van der Waals surface area contributed by atoms with E-state index in [9.17, 15) is 13.2 Å². The Balaban J connectivity index is 1.56. The zero-order valence-electron chi connectivity index (χ0n) is 11.1. The minimum atomic E-state index is -4.16. The second kappa shape index (κ2) is 5.13. The SMILES string of the molecule is FC(F)(F)C1=CCN(CC2Cc3ccccc3N2)CC1. The first kappa shape index (κ1) is 13.5. The van der Waals surface area contributed by atoms with Crippen LogP contribution >= 0.6 is 0 Å². The lowest BCUT2D eigenvalue weighted by molar-refractivity contribution is -0.0960. The van der Waals surface area contributed by atoms with Crippen molar-refractivity contribution in [1.82, 2.24) is 4.90 Å². The largest absolute Gasteiger partial charge is 0.412 e. The van der Waals surface area contributed by atoms with Gasteiger partial charge in [-0.2, -0.15) is 13.2 Å². The summed E-state index contributed by atoms with van der Waals surface area (Å²) >= 11 is 0. The predicted octanol–water partition coefficient (Wildman–Crippen LogP) is 3.22. The van der Waals surface area contributed by atoms with E-state index in [-0.39, 0.29) is 12.0 Å². The Morgan fingerprint density at radius 3 is 2.70 bits per heavy atom. The Kier molecular flexibility index (Phi) is 3.46. The van der Waals surface area contributed by atoms with Gasteiger partial charge in [-0.1, -0.05) is 24.3 Å². The van der Waals surface area contributed by atoms with Gasteiger partial charge in [0.15, 0.2) is 0 Å². The Bertz CT molecular complexity index is 497. The van der Waals surface area contributed by atoms with Crippen LogP contribution in [0.4, 0.5) is 18.9 Å². The molecular weight excluding hydrogens is 265 g/mol. The number of para-hydroxylation sites is 1. The van der Waals surface area contributed by atoms with Crippen LogP contribution in [-0.4, -0.2) is 36.8 Å². The van der Waals surface area contributed by atoms with Crippen molar-refractivity contribution in [2.75, 3.05) is 25.0 Å². The number of alkyl halides is 3. The van der Waals surface area contributed by atoms with E-state index in [1.165, 1.54) is 11.6 Å². The fourth-order valence-electron chi connectivity index (χ4n) is 2.93. The van der Waals surface area contributed by atoms with Gasteiger partial charge in [0.1, 0.15) is 0 Å². The number of nitrogens with one attached hydrogen (secondary N) is 1. The molecule has 20 heavy (non-hydrogen) atoms. The summed E-state index contributed by atoms with van der Waals surface area (Å²) in [5.41, 5.74) is 2.07. The zero-order chi connectivity index (χ0) is 14.2. The number of benzene rings is 1. The molecule has 0 spiro atoms. The van der Waals surface area contributed by atoms with Gasteiger partial charge in [0.25, 0.3) is 0 Å². The van der Waals surface area contributed by atoms with E-state index in [0.29, 0.717) is 19.1 Å². The topological polar surface area (TPSA) is 15.3 Å². The van der Waals surface area contributed by atoms with Gasteiger partial charge in [-0.3, -0.25) is 4.90 Å². The number of nitrogens with zero attached hydrogens (tertiary/aromatic N) is 1. The van der Waals surface area contributed by atoms with E-state index in [0.717, 1.165) is 18.7 Å². The Morgan fingerprint density at radius 2 is 2.05 bits per heavy atom. The van der Waals surface area contributed by atoms with Crippen molar-refractivity contribution in [3.63, 3.8) is 0 Å². The summed E-state index contributed by atoms with van der Waals surface area (Å²) in [6.07, 6.45) is -1.79. The third-order valence-corrected chi connectivity index (χ3v) is 3.98. The molecule has 1 N–H and O–H groups in total. The number of anilines is 1. The van der Waals surface area contributed by atoms with Crippen molar-refractivity contribution in [2.24, 2.45) is 0 Å². The number of fused-ring (bicyclic) bond motifs is 1. The zero-order valence-corrected chi connectivity index (χ0v) is 11.1. The minimum absolute atomic E-state index is 0.100. The molecule has 0 saturated heterocycles. The molecule has 0 amide bonds. The standard InChI is InChI=1S/C15H17F3N2/c16-15(17,18)12-5-7-20(8-6-12)10-13-9-11-3-1-2-4-14(11)19-13/h1-5,13,19H,6-10H2. The predicted molar refractivity (Wildman–Crippen MR) is 72.8 cm³/mol. The van der Waals surface area contributed by atoms with E-state index in [1.807, 2.05) is 18.2 Å². The van der Waals surface area contributed by atoms with Gasteiger partial charge < -0.3 is 5.32 Å². The van der Waals surface area contributed by atoms with E-state index < -0.39 is 6.18 Å². The Labute approximate surface area is 116 Å². The molecule has 1 aromatic carbocycles. The van der Waals surface area contributed by atoms with Crippen LogP contribution in [0.25, 0.3) is 0 Å². The van der Waals surface area contributed by atoms with E-state index in [1.54, 1.807) is 0 Å². The fourth-order valence-corrected chi connectivity index (χ4v) is 2.93. The average Bonchev–Trinajstić information content (AvgIpc) is 2.80. The van der Waals surface area contributed by atoms with Gasteiger partial charge in [-0.25, -0.2) is 0 Å². The highest BCUT2D eigenvalue weighted by Crippen LogP contribution is 2.31. The molecule has 3 rings (SSSR count). The van der Waals surface area contributed by atoms with Gasteiger partial charge in [-0.15, -0.1) is 0 Å². The molecule has 1 unspecified atom stereocenters. The fraction of sp³-hybridized carbons (Fsp3) is 0.467. The van der Waals surface area contributed by atoms with Gasteiger partial charge in [0.05, 0.1) is 0 Å². The van der Waals surface area contributed by atoms with Crippen LogP contribution in [0, 0.1) is 0 Å². The maximum absolute atomic E-state index is 12.6. The van der Waals surface area contributed by atoms with Crippen molar-refractivity contribution < 1.29 is 13.2 Å². The van der Waals surface area contributed by atoms with E-state index >= 15 is 0 Å². The van der Waals surface area contributed by atoms with Crippen molar-refractivity contribution in [3.8, 4) is 0 Å². The van der Waals surface area contributed by atoms with Gasteiger partial charge >= 0.3 is 6.18 Å². The molecule has 0 aliphatic carbocycles. The van der Waals surface area contributed by atoms with Crippen LogP contribution in [0.2, 0.25) is 0 Å². The summed E-state index contributed by atoms with van der Waals surface area (Å²) in [7, 11) is 0. The van der Waals surface area contributed by atoms with Crippen LogP contribution in [0.3, 0.4) is 0 Å². The molecule has 0 saturated carbocycles. The maximum Gasteiger partial charge on any atom is 0.412 e. The highest BCUT2D eigenvalue weighted by atomic mass is 19.4. The molecule has 108 valence electrons. The van der Waals surface area contributed by atoms with Crippen molar-refractivity contribution >= 4 is 5.69 Å². The molecule has 0 radical (unpaired) electrons. The van der Waals surface area contributed by atoms with Crippen LogP contribution in [0.1, 0.15) is 12.0 Å². The van der Waals surface area contributed by atoms with Crippen LogP contribution < -0.4 is 5.32 Å². The summed E-state index contributed by atoms with van der Waals surface area (Å²) in [6.45, 7) is 1.67. The van der Waals surface area contributed by atoms with Crippen molar-refractivity contribution in [2.45, 2.75) is 25.1 Å². The van der Waals surface area contributed by atoms with Crippen LogP contribution in [-0.2, 0) is 6.42 Å². The monoisotopic (exact) mass is 282 g/mol. The lowest BCUT2D eigenvalue weighted by Crippen LogP contribution is -2.39. The molecule has 2 aliphatic heterocycles. The first-order valence-electron chi connectivity index (χ1n) is 6.85. The summed E-state index contributed by atoms with van der Waals surface area (Å²) in [4.78, 5) is 2.08. The highest BCUT2D eigenvalue weighted by molar-refractivity contribution is 5.56. The lowest BCUT2D eigenvalue weighted by Gasteiger charge is -2.29. The Morgan fingerprint density at radius 1 is 1.25 bits per heavy atom. The molecule has 0 bridgehead atoms. The van der Waals surface area contributed by atoms with E-state index in [4.69, 9.17) is 0 Å². The molecule has 5 heteroatoms. The number of halogens is 3. The van der Waals surface area contributed by atoms with Gasteiger partial charge in [0, 0.05) is 36.9 Å². The summed E-state index contributed by atoms with van der Waals surface area (Å²) in [5, 5.41) is 3.44. The second-order valence-corrected chi connectivity index (χ2v) is 5.44. The lowest BCUT2D eigenvalue weighted by atomic mass is 10.1. The van der Waals surface area contributed by atoms with Gasteiger partial charge in [-0.05, 0) is 24.5 Å². The summed E-state index contributed by atoms with van der Waals surface area (Å²) in [5.74, 6) is 0. The molecule has 0 fully saturated rings. The van der Waals surface area contributed by atoms with Gasteiger partial charge in [0.2, 0.25) is 0 Å². The molecule has 2 heterocycles. The second-order valence-electron chi connectivity index (χ2n) is 5.44. The smallest absolute Gasteiger partial charge is 0.380 e. The van der Waals surface area contributed by atoms with Crippen molar-refractivity contribution in [3.05, 3.63) is 41.5 Å². The maximum atomic E-state index is 12.6. The molecule has 1 atom stereocenters. The average molecular weight is 282 g/mol. The Hall–Kier alpha value is -1.49. The molecule has 0 aromatic heterocycles. The number of hydrogen-bond acceptors (Lipinski definition) is 2. The number of rotatable bonds is 2.